The van der Waals surface area contributed by atoms with E-state index in [0.29, 0.717) is 10.9 Å². The maximum atomic E-state index is 4.81. The molecule has 0 aliphatic heterocycles. The molecule has 0 bridgehead atoms. The Bertz CT molecular complexity index is 187. The summed E-state index contributed by atoms with van der Waals surface area (Å²) in [6, 6.07) is 0. The van der Waals surface area contributed by atoms with E-state index < -0.39 is 0 Å². The molecular weight excluding hydrogens is 136 g/mol. The van der Waals surface area contributed by atoms with Crippen LogP contribution in [0.3, 0.4) is 0 Å². The molecule has 48 valence electrons. The van der Waals surface area contributed by atoms with Gasteiger partial charge in [0.2, 0.25) is 0 Å². The van der Waals surface area contributed by atoms with Gasteiger partial charge in [-0.1, -0.05) is 0 Å². The lowest BCUT2D eigenvalue weighted by atomic mass is 10.6. The van der Waals surface area contributed by atoms with Crippen molar-refractivity contribution < 1.29 is 4.74 Å². The summed E-state index contributed by atoms with van der Waals surface area (Å²) in [6.45, 7) is 0. The van der Waals surface area contributed by atoms with Crippen molar-refractivity contribution in [1.29, 1.82) is 0 Å². The largest absolute Gasteiger partial charge is 0.494 e. The van der Waals surface area contributed by atoms with E-state index in [2.05, 4.69) is 22.6 Å². The first-order chi connectivity index (χ1) is 4.33. The van der Waals surface area contributed by atoms with E-state index in [-0.39, 0.29) is 0 Å². The van der Waals surface area contributed by atoms with Gasteiger partial charge in [-0.25, -0.2) is 9.97 Å². The van der Waals surface area contributed by atoms with Crippen molar-refractivity contribution in [3.8, 4) is 5.75 Å². The molecule has 0 spiro atoms. The molecule has 0 fully saturated rings. The van der Waals surface area contributed by atoms with E-state index in [4.69, 9.17) is 4.74 Å². The molecule has 0 aliphatic carbocycles. The molecule has 0 unspecified atom stereocenters. The number of hydrogen-bond acceptors (Lipinski definition) is 4. The average molecular weight is 142 g/mol. The minimum atomic E-state index is 0.454. The van der Waals surface area contributed by atoms with E-state index >= 15 is 0 Å². The first-order valence-electron chi connectivity index (χ1n) is 2.38. The highest BCUT2D eigenvalue weighted by molar-refractivity contribution is 7.80. The van der Waals surface area contributed by atoms with Gasteiger partial charge in [-0.2, -0.15) is 0 Å². The Morgan fingerprint density at radius 2 is 2.00 bits per heavy atom. The van der Waals surface area contributed by atoms with Gasteiger partial charge in [0.25, 0.3) is 0 Å². The molecule has 0 atom stereocenters. The molecule has 0 saturated carbocycles. The third-order valence-electron chi connectivity index (χ3n) is 0.850. The van der Waals surface area contributed by atoms with Crippen molar-refractivity contribution in [3.05, 3.63) is 12.4 Å². The van der Waals surface area contributed by atoms with Crippen LogP contribution in [0.4, 0.5) is 0 Å². The van der Waals surface area contributed by atoms with Crippen LogP contribution in [0.5, 0.6) is 5.75 Å². The van der Waals surface area contributed by atoms with Crippen LogP contribution in [0.2, 0.25) is 0 Å². The Kier molecular flexibility index (Phi) is 1.89. The van der Waals surface area contributed by atoms with Crippen molar-refractivity contribution in [2.45, 2.75) is 5.16 Å². The Balaban J connectivity index is 2.88. The lowest BCUT2D eigenvalue weighted by molar-refractivity contribution is 0.409. The van der Waals surface area contributed by atoms with Crippen LogP contribution in [-0.2, 0) is 0 Å². The zero-order chi connectivity index (χ0) is 6.69. The Morgan fingerprint density at radius 1 is 1.44 bits per heavy atom. The molecule has 1 aromatic rings. The first kappa shape index (κ1) is 6.35. The molecule has 3 nitrogen and oxygen atoms in total. The van der Waals surface area contributed by atoms with Gasteiger partial charge >= 0.3 is 0 Å². The van der Waals surface area contributed by atoms with Gasteiger partial charge in [-0.05, 0) is 0 Å². The Morgan fingerprint density at radius 3 is 2.44 bits per heavy atom. The lowest BCUT2D eigenvalue weighted by Gasteiger charge is -1.94. The number of rotatable bonds is 1. The highest BCUT2D eigenvalue weighted by Gasteiger charge is 1.89. The number of hydrogen-bond donors (Lipinski definition) is 1. The molecule has 1 heterocycles. The smallest absolute Gasteiger partial charge is 0.184 e. The van der Waals surface area contributed by atoms with Gasteiger partial charge in [0.05, 0.1) is 19.5 Å². The van der Waals surface area contributed by atoms with Crippen LogP contribution in [0.15, 0.2) is 17.6 Å². The van der Waals surface area contributed by atoms with Crippen LogP contribution >= 0.6 is 12.6 Å². The summed E-state index contributed by atoms with van der Waals surface area (Å²) in [4.78, 5) is 7.56. The Hall–Kier alpha value is -0.770. The third-order valence-corrected chi connectivity index (χ3v) is 1.08. The number of ether oxygens (including phenoxy) is 1. The molecule has 4 heteroatoms. The predicted octanol–water partition coefficient (Wildman–Crippen LogP) is 0.774. The SMILES string of the molecule is COc1cnc(S)nc1. The fourth-order valence-corrected chi connectivity index (χ4v) is 0.530. The molecule has 0 aromatic carbocycles. The second-order valence-electron chi connectivity index (χ2n) is 1.42. The monoisotopic (exact) mass is 142 g/mol. The summed E-state index contributed by atoms with van der Waals surface area (Å²) in [6.07, 6.45) is 3.13. The quantitative estimate of drug-likeness (QED) is 0.464. The van der Waals surface area contributed by atoms with Crippen LogP contribution in [0.1, 0.15) is 0 Å². The van der Waals surface area contributed by atoms with Gasteiger partial charge in [-0.15, -0.1) is 12.6 Å². The normalized spacial score (nSPS) is 9.11. The number of nitrogens with zero attached hydrogens (tertiary/aromatic N) is 2. The summed E-state index contributed by atoms with van der Waals surface area (Å²) < 4.78 is 4.81. The maximum Gasteiger partial charge on any atom is 0.184 e. The molecule has 0 amide bonds. The maximum absolute atomic E-state index is 4.81. The van der Waals surface area contributed by atoms with E-state index in [0.717, 1.165) is 0 Å². The molecule has 0 aliphatic rings. The summed E-state index contributed by atoms with van der Waals surface area (Å²) in [5.41, 5.74) is 0. The molecule has 0 radical (unpaired) electrons. The summed E-state index contributed by atoms with van der Waals surface area (Å²) >= 11 is 3.89. The minimum Gasteiger partial charge on any atom is -0.494 e. The molecule has 9 heavy (non-hydrogen) atoms. The van der Waals surface area contributed by atoms with Crippen LogP contribution in [0, 0.1) is 0 Å². The summed E-state index contributed by atoms with van der Waals surface area (Å²) in [5.74, 6) is 0.646. The molecule has 0 saturated heterocycles. The fourth-order valence-electron chi connectivity index (χ4n) is 0.415. The van der Waals surface area contributed by atoms with Gasteiger partial charge in [-0.3, -0.25) is 0 Å². The number of methoxy groups -OCH3 is 1. The third kappa shape index (κ3) is 1.57. The van der Waals surface area contributed by atoms with E-state index in [1.807, 2.05) is 0 Å². The first-order valence-corrected chi connectivity index (χ1v) is 2.82. The fraction of sp³-hybridized carbons (Fsp3) is 0.200. The summed E-state index contributed by atoms with van der Waals surface area (Å²) in [5, 5.41) is 0.454. The lowest BCUT2D eigenvalue weighted by Crippen LogP contribution is -1.86. The average Bonchev–Trinajstić information content (AvgIpc) is 1.90. The van der Waals surface area contributed by atoms with Gasteiger partial charge in [0, 0.05) is 0 Å². The van der Waals surface area contributed by atoms with Crippen LogP contribution < -0.4 is 4.74 Å². The molecular formula is C5H6N2OS. The van der Waals surface area contributed by atoms with E-state index in [9.17, 15) is 0 Å². The summed E-state index contributed by atoms with van der Waals surface area (Å²) in [7, 11) is 1.57. The van der Waals surface area contributed by atoms with E-state index in [1.165, 1.54) is 0 Å². The zero-order valence-corrected chi connectivity index (χ0v) is 5.80. The topological polar surface area (TPSA) is 35.0 Å². The Labute approximate surface area is 58.5 Å². The van der Waals surface area contributed by atoms with Crippen molar-refractivity contribution in [3.63, 3.8) is 0 Å². The standard InChI is InChI=1S/C5H6N2OS/c1-8-4-2-6-5(9)7-3-4/h2-3H,1H3,(H,6,7,9). The highest BCUT2D eigenvalue weighted by Crippen LogP contribution is 2.05. The van der Waals surface area contributed by atoms with E-state index in [1.54, 1.807) is 19.5 Å². The van der Waals surface area contributed by atoms with Crippen molar-refractivity contribution >= 4 is 12.6 Å². The predicted molar refractivity (Wildman–Crippen MR) is 35.8 cm³/mol. The van der Waals surface area contributed by atoms with Gasteiger partial charge in [0.1, 0.15) is 0 Å². The van der Waals surface area contributed by atoms with Crippen LogP contribution in [-0.4, -0.2) is 17.1 Å². The number of aromatic nitrogens is 2. The second-order valence-corrected chi connectivity index (χ2v) is 1.82. The van der Waals surface area contributed by atoms with Gasteiger partial charge in [0.15, 0.2) is 10.9 Å². The molecule has 0 N–H and O–H groups in total. The van der Waals surface area contributed by atoms with Gasteiger partial charge < -0.3 is 4.74 Å². The van der Waals surface area contributed by atoms with Crippen molar-refractivity contribution in [1.82, 2.24) is 9.97 Å². The number of thiol groups is 1. The minimum absolute atomic E-state index is 0.454. The van der Waals surface area contributed by atoms with Crippen molar-refractivity contribution in [2.24, 2.45) is 0 Å². The van der Waals surface area contributed by atoms with Crippen molar-refractivity contribution in [2.75, 3.05) is 7.11 Å². The molecule has 1 aromatic heterocycles. The second kappa shape index (κ2) is 2.68. The van der Waals surface area contributed by atoms with Crippen LogP contribution in [0.25, 0.3) is 0 Å². The molecule has 1 rings (SSSR count). The highest BCUT2D eigenvalue weighted by atomic mass is 32.1. The zero-order valence-electron chi connectivity index (χ0n) is 4.90.